The summed E-state index contributed by atoms with van der Waals surface area (Å²) in [5.74, 6) is 0. The Morgan fingerprint density at radius 1 is 0.250 bits per heavy atom. The third kappa shape index (κ3) is 9.07. The molecule has 6 heteroatoms. The molecular weight excluding hydrogens is 1180 g/mol. The van der Waals surface area contributed by atoms with Crippen LogP contribution in [0, 0.1) is 14.3 Å². The van der Waals surface area contributed by atoms with E-state index in [1.54, 1.807) is 0 Å². The highest BCUT2D eigenvalue weighted by molar-refractivity contribution is 14.1. The molecule has 0 saturated heterocycles. The standard InChI is InChI=1S/C54H36I4N2/c55-39-15-27-45(28-16-39)59(46-29-17-40(56)18-30-46)43-23-9-37(10-24-43)13-35-53-49-5-1-2-6-50(49)54(52-8-4-3-7-51(52)53)36-14-38-11-25-44(26-12-38)60(47-31-19-41(57)20-32-47)48-33-21-42(58)22-34-48/h1-36H/b35-13+,36-14+. The Balaban J connectivity index is 1.03. The molecule has 9 rings (SSSR count). The quantitative estimate of drug-likeness (QED) is 0.0765. The van der Waals surface area contributed by atoms with Gasteiger partial charge in [0.1, 0.15) is 0 Å². The molecule has 0 unspecified atom stereocenters. The summed E-state index contributed by atoms with van der Waals surface area (Å²) in [6.45, 7) is 0. The summed E-state index contributed by atoms with van der Waals surface area (Å²) >= 11 is 9.46. The minimum absolute atomic E-state index is 1.12. The SMILES string of the molecule is Ic1ccc(N(c2ccc(I)cc2)c2ccc(/C=C/c3c4ccccc4c(/C=C/c4ccc(N(c5ccc(I)cc5)c5ccc(I)cc5)cc4)c4ccccc34)cc2)cc1. The van der Waals surface area contributed by atoms with Gasteiger partial charge in [-0.3, -0.25) is 0 Å². The van der Waals surface area contributed by atoms with Crippen molar-refractivity contribution in [2.45, 2.75) is 0 Å². The second kappa shape index (κ2) is 18.6. The Bertz CT molecular complexity index is 2620. The maximum Gasteiger partial charge on any atom is 0.0462 e. The molecule has 0 aliphatic carbocycles. The van der Waals surface area contributed by atoms with Gasteiger partial charge in [-0.15, -0.1) is 0 Å². The predicted molar refractivity (Wildman–Crippen MR) is 292 cm³/mol. The smallest absolute Gasteiger partial charge is 0.0462 e. The molecule has 0 N–H and O–H groups in total. The van der Waals surface area contributed by atoms with Gasteiger partial charge in [-0.05, 0) is 255 Å². The Hall–Kier alpha value is -4.50. The van der Waals surface area contributed by atoms with Crippen LogP contribution in [0.4, 0.5) is 34.1 Å². The molecule has 290 valence electrons. The monoisotopic (exact) mass is 1220 g/mol. The highest BCUT2D eigenvalue weighted by Gasteiger charge is 2.15. The van der Waals surface area contributed by atoms with Crippen LogP contribution in [0.2, 0.25) is 0 Å². The Morgan fingerprint density at radius 2 is 0.467 bits per heavy atom. The van der Waals surface area contributed by atoms with Crippen LogP contribution in [0.15, 0.2) is 194 Å². The Labute approximate surface area is 406 Å². The number of benzene rings is 9. The molecule has 0 aliphatic heterocycles. The molecule has 0 amide bonds. The van der Waals surface area contributed by atoms with Crippen molar-refractivity contribution in [3.8, 4) is 0 Å². The van der Waals surface area contributed by atoms with E-state index in [1.165, 1.54) is 47.0 Å². The van der Waals surface area contributed by atoms with E-state index in [-0.39, 0.29) is 0 Å². The second-order valence-corrected chi connectivity index (χ2v) is 19.3. The third-order valence-electron chi connectivity index (χ3n) is 10.5. The number of hydrogen-bond donors (Lipinski definition) is 0. The van der Waals surface area contributed by atoms with Gasteiger partial charge in [-0.2, -0.15) is 0 Å². The van der Waals surface area contributed by atoms with E-state index >= 15 is 0 Å². The summed E-state index contributed by atoms with van der Waals surface area (Å²) in [6, 6.07) is 70.1. The Kier molecular flexibility index (Phi) is 12.7. The van der Waals surface area contributed by atoms with Gasteiger partial charge in [-0.1, -0.05) is 97.1 Å². The van der Waals surface area contributed by atoms with Crippen LogP contribution in [0.25, 0.3) is 45.8 Å². The fourth-order valence-corrected chi connectivity index (χ4v) is 9.08. The number of nitrogens with zero attached hydrogens (tertiary/aromatic N) is 2. The van der Waals surface area contributed by atoms with Crippen molar-refractivity contribution in [2.75, 3.05) is 9.80 Å². The lowest BCUT2D eigenvalue weighted by atomic mass is 9.91. The van der Waals surface area contributed by atoms with E-state index in [4.69, 9.17) is 0 Å². The van der Waals surface area contributed by atoms with Crippen LogP contribution in [-0.2, 0) is 0 Å². The summed E-state index contributed by atoms with van der Waals surface area (Å²) in [5, 5.41) is 4.92. The molecule has 0 spiro atoms. The summed E-state index contributed by atoms with van der Waals surface area (Å²) in [6.07, 6.45) is 9.06. The number of anilines is 6. The summed E-state index contributed by atoms with van der Waals surface area (Å²) in [4.78, 5) is 4.62. The van der Waals surface area contributed by atoms with Gasteiger partial charge in [0.15, 0.2) is 0 Å². The van der Waals surface area contributed by atoms with Crippen molar-refractivity contribution in [3.05, 3.63) is 231 Å². The van der Waals surface area contributed by atoms with Gasteiger partial charge in [0.25, 0.3) is 0 Å². The van der Waals surface area contributed by atoms with Crippen molar-refractivity contribution >= 4 is 170 Å². The molecule has 0 bridgehead atoms. The van der Waals surface area contributed by atoms with Crippen LogP contribution in [0.5, 0.6) is 0 Å². The number of rotatable bonds is 10. The van der Waals surface area contributed by atoms with E-state index in [1.807, 2.05) is 0 Å². The first-order valence-electron chi connectivity index (χ1n) is 19.5. The highest BCUT2D eigenvalue weighted by atomic mass is 127. The van der Waals surface area contributed by atoms with Gasteiger partial charge in [-0.25, -0.2) is 0 Å². The van der Waals surface area contributed by atoms with E-state index < -0.39 is 0 Å². The first-order chi connectivity index (χ1) is 29.4. The molecule has 9 aromatic carbocycles. The third-order valence-corrected chi connectivity index (χ3v) is 13.4. The van der Waals surface area contributed by atoms with E-state index in [2.05, 4.69) is 319 Å². The molecule has 0 aromatic heterocycles. The van der Waals surface area contributed by atoms with Crippen LogP contribution in [0.1, 0.15) is 22.3 Å². The average molecular weight is 1220 g/mol. The zero-order valence-corrected chi connectivity index (χ0v) is 40.8. The molecule has 2 nitrogen and oxygen atoms in total. The lowest BCUT2D eigenvalue weighted by Gasteiger charge is -2.25. The first-order valence-corrected chi connectivity index (χ1v) is 23.8. The molecule has 0 aliphatic rings. The van der Waals surface area contributed by atoms with Crippen molar-refractivity contribution in [1.82, 2.24) is 0 Å². The maximum absolute atomic E-state index is 2.36. The van der Waals surface area contributed by atoms with E-state index in [0.717, 1.165) is 45.3 Å². The maximum atomic E-state index is 2.36. The molecule has 0 saturated carbocycles. The molecule has 0 atom stereocenters. The van der Waals surface area contributed by atoms with Gasteiger partial charge in [0, 0.05) is 48.4 Å². The predicted octanol–water partition coefficient (Wildman–Crippen LogP) is 17.7. The highest BCUT2D eigenvalue weighted by Crippen LogP contribution is 2.39. The number of halogens is 4. The summed E-state index contributed by atoms with van der Waals surface area (Å²) in [7, 11) is 0. The zero-order chi connectivity index (χ0) is 41.0. The van der Waals surface area contributed by atoms with Crippen LogP contribution < -0.4 is 9.80 Å². The second-order valence-electron chi connectivity index (χ2n) is 14.3. The van der Waals surface area contributed by atoms with Crippen LogP contribution in [0.3, 0.4) is 0 Å². The van der Waals surface area contributed by atoms with E-state index in [9.17, 15) is 0 Å². The summed E-state index contributed by atoms with van der Waals surface area (Å²) in [5.41, 5.74) is 11.5. The lowest BCUT2D eigenvalue weighted by Crippen LogP contribution is -2.09. The van der Waals surface area contributed by atoms with Crippen molar-refractivity contribution in [3.63, 3.8) is 0 Å². The molecule has 9 aromatic rings. The van der Waals surface area contributed by atoms with Crippen LogP contribution >= 0.6 is 90.4 Å². The van der Waals surface area contributed by atoms with Crippen molar-refractivity contribution in [2.24, 2.45) is 0 Å². The van der Waals surface area contributed by atoms with Gasteiger partial charge in [0.05, 0.1) is 0 Å². The molecule has 60 heavy (non-hydrogen) atoms. The number of hydrogen-bond acceptors (Lipinski definition) is 2. The average Bonchev–Trinajstić information content (AvgIpc) is 3.28. The van der Waals surface area contributed by atoms with Crippen molar-refractivity contribution < 1.29 is 0 Å². The fourth-order valence-electron chi connectivity index (χ4n) is 7.64. The summed E-state index contributed by atoms with van der Waals surface area (Å²) < 4.78 is 4.87. The lowest BCUT2D eigenvalue weighted by molar-refractivity contribution is 1.28. The molecular formula is C54H36I4N2. The topological polar surface area (TPSA) is 6.48 Å². The first kappa shape index (κ1) is 40.9. The van der Waals surface area contributed by atoms with Crippen LogP contribution in [-0.4, -0.2) is 0 Å². The van der Waals surface area contributed by atoms with Gasteiger partial charge >= 0.3 is 0 Å². The fraction of sp³-hybridized carbons (Fsp3) is 0. The molecule has 0 heterocycles. The van der Waals surface area contributed by atoms with Crippen molar-refractivity contribution in [1.29, 1.82) is 0 Å². The number of fused-ring (bicyclic) bond motifs is 2. The van der Waals surface area contributed by atoms with Gasteiger partial charge in [0.2, 0.25) is 0 Å². The minimum Gasteiger partial charge on any atom is -0.311 e. The normalized spacial score (nSPS) is 11.5. The largest absolute Gasteiger partial charge is 0.311 e. The minimum atomic E-state index is 1.12. The molecule has 0 radical (unpaired) electrons. The Morgan fingerprint density at radius 3 is 0.700 bits per heavy atom. The van der Waals surface area contributed by atoms with E-state index in [0.29, 0.717) is 0 Å². The molecule has 0 fully saturated rings. The zero-order valence-electron chi connectivity index (χ0n) is 32.2. The van der Waals surface area contributed by atoms with Gasteiger partial charge < -0.3 is 9.80 Å².